The van der Waals surface area contributed by atoms with Gasteiger partial charge >= 0.3 is 0 Å². The lowest BCUT2D eigenvalue weighted by molar-refractivity contribution is 0.100. The van der Waals surface area contributed by atoms with Crippen molar-refractivity contribution in [3.63, 3.8) is 0 Å². The highest BCUT2D eigenvalue weighted by atomic mass is 16.3. The molecule has 0 saturated heterocycles. The SMILES string of the molecule is CN(Cc1ccoc1)c1cc(C(N)=O)ccc1N. The molecule has 0 unspecified atom stereocenters. The molecule has 2 aromatic rings. The average Bonchev–Trinajstić information content (AvgIpc) is 2.81. The van der Waals surface area contributed by atoms with Gasteiger partial charge in [0.05, 0.1) is 23.9 Å². The van der Waals surface area contributed by atoms with Gasteiger partial charge in [-0.05, 0) is 24.3 Å². The van der Waals surface area contributed by atoms with Gasteiger partial charge in [-0.25, -0.2) is 0 Å². The number of carbonyl (C=O) groups is 1. The summed E-state index contributed by atoms with van der Waals surface area (Å²) < 4.78 is 5.01. The van der Waals surface area contributed by atoms with E-state index >= 15 is 0 Å². The van der Waals surface area contributed by atoms with Crippen molar-refractivity contribution < 1.29 is 9.21 Å². The summed E-state index contributed by atoms with van der Waals surface area (Å²) >= 11 is 0. The molecule has 0 aliphatic carbocycles. The Bertz CT molecular complexity index is 549. The van der Waals surface area contributed by atoms with Crippen LogP contribution < -0.4 is 16.4 Å². The van der Waals surface area contributed by atoms with Crippen LogP contribution in [-0.4, -0.2) is 13.0 Å². The minimum Gasteiger partial charge on any atom is -0.472 e. The van der Waals surface area contributed by atoms with Gasteiger partial charge in [0.25, 0.3) is 0 Å². The molecule has 2 rings (SSSR count). The van der Waals surface area contributed by atoms with Gasteiger partial charge < -0.3 is 20.8 Å². The Balaban J connectivity index is 2.26. The number of amides is 1. The van der Waals surface area contributed by atoms with Gasteiger partial charge in [-0.3, -0.25) is 4.79 Å². The molecule has 1 aromatic heterocycles. The predicted molar refractivity (Wildman–Crippen MR) is 70.2 cm³/mol. The number of nitrogen functional groups attached to an aromatic ring is 1. The molecule has 0 spiro atoms. The summed E-state index contributed by atoms with van der Waals surface area (Å²) in [6.45, 7) is 0.642. The van der Waals surface area contributed by atoms with Crippen molar-refractivity contribution >= 4 is 17.3 Å². The van der Waals surface area contributed by atoms with E-state index in [9.17, 15) is 4.79 Å². The Kier molecular flexibility index (Phi) is 3.23. The Hall–Kier alpha value is -2.43. The number of nitrogens with zero attached hydrogens (tertiary/aromatic N) is 1. The largest absolute Gasteiger partial charge is 0.472 e. The van der Waals surface area contributed by atoms with Gasteiger partial charge in [0.15, 0.2) is 0 Å². The van der Waals surface area contributed by atoms with Gasteiger partial charge in [0.1, 0.15) is 0 Å². The predicted octanol–water partition coefficient (Wildman–Crippen LogP) is 1.60. The maximum atomic E-state index is 11.2. The van der Waals surface area contributed by atoms with E-state index in [-0.39, 0.29) is 0 Å². The fraction of sp³-hybridized carbons (Fsp3) is 0.154. The van der Waals surface area contributed by atoms with E-state index in [1.807, 2.05) is 18.0 Å². The molecule has 0 saturated carbocycles. The van der Waals surface area contributed by atoms with E-state index in [2.05, 4.69) is 0 Å². The first-order valence-electron chi connectivity index (χ1n) is 5.49. The van der Waals surface area contributed by atoms with Crippen molar-refractivity contribution in [1.82, 2.24) is 0 Å². The highest BCUT2D eigenvalue weighted by Crippen LogP contribution is 2.25. The molecular formula is C13H15N3O2. The van der Waals surface area contributed by atoms with Crippen molar-refractivity contribution in [2.45, 2.75) is 6.54 Å². The van der Waals surface area contributed by atoms with Gasteiger partial charge in [0, 0.05) is 24.7 Å². The second kappa shape index (κ2) is 4.83. The fourth-order valence-electron chi connectivity index (χ4n) is 1.77. The van der Waals surface area contributed by atoms with Crippen LogP contribution in [0.2, 0.25) is 0 Å². The zero-order valence-corrected chi connectivity index (χ0v) is 10.1. The molecule has 0 radical (unpaired) electrons. The third-order valence-electron chi connectivity index (χ3n) is 2.73. The number of hydrogen-bond acceptors (Lipinski definition) is 4. The van der Waals surface area contributed by atoms with Crippen molar-refractivity contribution in [2.75, 3.05) is 17.7 Å². The number of rotatable bonds is 4. The molecule has 1 heterocycles. The summed E-state index contributed by atoms with van der Waals surface area (Å²) in [6, 6.07) is 6.87. The first-order valence-corrected chi connectivity index (χ1v) is 5.49. The molecule has 94 valence electrons. The van der Waals surface area contributed by atoms with Crippen LogP contribution in [-0.2, 0) is 6.54 Å². The number of nitrogens with two attached hydrogens (primary N) is 2. The van der Waals surface area contributed by atoms with Gasteiger partial charge in [-0.2, -0.15) is 0 Å². The highest BCUT2D eigenvalue weighted by molar-refractivity contribution is 5.95. The molecule has 1 amide bonds. The standard InChI is InChI=1S/C13H15N3O2/c1-16(7-9-4-5-18-8-9)12-6-10(13(15)17)2-3-11(12)14/h2-6,8H,7,14H2,1H3,(H2,15,17). The Labute approximate surface area is 105 Å². The monoisotopic (exact) mass is 245 g/mol. The first kappa shape index (κ1) is 12.0. The molecule has 5 heteroatoms. The molecule has 4 N–H and O–H groups in total. The summed E-state index contributed by atoms with van der Waals surface area (Å²) in [7, 11) is 1.89. The van der Waals surface area contributed by atoms with Crippen LogP contribution in [0.25, 0.3) is 0 Å². The van der Waals surface area contributed by atoms with E-state index in [1.54, 1.807) is 30.7 Å². The van der Waals surface area contributed by atoms with E-state index in [1.165, 1.54) is 0 Å². The van der Waals surface area contributed by atoms with Crippen molar-refractivity contribution in [3.8, 4) is 0 Å². The van der Waals surface area contributed by atoms with Crippen LogP contribution in [0.1, 0.15) is 15.9 Å². The van der Waals surface area contributed by atoms with Crippen molar-refractivity contribution in [1.29, 1.82) is 0 Å². The molecule has 18 heavy (non-hydrogen) atoms. The summed E-state index contributed by atoms with van der Waals surface area (Å²) in [5, 5.41) is 0. The van der Waals surface area contributed by atoms with E-state index < -0.39 is 5.91 Å². The lowest BCUT2D eigenvalue weighted by Gasteiger charge is -2.20. The van der Waals surface area contributed by atoms with Crippen LogP contribution in [0.5, 0.6) is 0 Å². The number of carbonyl (C=O) groups excluding carboxylic acids is 1. The van der Waals surface area contributed by atoms with E-state index in [4.69, 9.17) is 15.9 Å². The van der Waals surface area contributed by atoms with E-state index in [0.717, 1.165) is 11.3 Å². The molecule has 0 bridgehead atoms. The summed E-state index contributed by atoms with van der Waals surface area (Å²) in [5.41, 5.74) is 14.0. The lowest BCUT2D eigenvalue weighted by Crippen LogP contribution is -2.19. The Morgan fingerprint density at radius 2 is 2.17 bits per heavy atom. The molecule has 0 atom stereocenters. The minimum absolute atomic E-state index is 0.443. The zero-order valence-electron chi connectivity index (χ0n) is 10.1. The maximum absolute atomic E-state index is 11.2. The Morgan fingerprint density at radius 3 is 2.78 bits per heavy atom. The number of benzene rings is 1. The van der Waals surface area contributed by atoms with Crippen LogP contribution in [0.3, 0.4) is 0 Å². The molecule has 5 nitrogen and oxygen atoms in total. The summed E-state index contributed by atoms with van der Waals surface area (Å²) in [4.78, 5) is 13.1. The van der Waals surface area contributed by atoms with E-state index in [0.29, 0.717) is 17.8 Å². The lowest BCUT2D eigenvalue weighted by atomic mass is 10.1. The second-order valence-electron chi connectivity index (χ2n) is 4.13. The molecule has 1 aromatic carbocycles. The third kappa shape index (κ3) is 2.45. The van der Waals surface area contributed by atoms with Crippen LogP contribution >= 0.6 is 0 Å². The number of hydrogen-bond donors (Lipinski definition) is 2. The van der Waals surface area contributed by atoms with Crippen LogP contribution in [0, 0.1) is 0 Å². The molecule has 0 aliphatic rings. The number of furan rings is 1. The zero-order chi connectivity index (χ0) is 13.1. The summed E-state index contributed by atoms with van der Waals surface area (Å²) in [5.74, 6) is -0.465. The quantitative estimate of drug-likeness (QED) is 0.801. The normalized spacial score (nSPS) is 10.3. The van der Waals surface area contributed by atoms with Crippen LogP contribution in [0.4, 0.5) is 11.4 Å². The minimum atomic E-state index is -0.465. The molecule has 0 aliphatic heterocycles. The molecular weight excluding hydrogens is 230 g/mol. The average molecular weight is 245 g/mol. The number of anilines is 2. The number of primary amides is 1. The van der Waals surface area contributed by atoms with Crippen LogP contribution in [0.15, 0.2) is 41.2 Å². The second-order valence-corrected chi connectivity index (χ2v) is 4.13. The fourth-order valence-corrected chi connectivity index (χ4v) is 1.77. The van der Waals surface area contributed by atoms with Gasteiger partial charge in [0.2, 0.25) is 5.91 Å². The van der Waals surface area contributed by atoms with Crippen molar-refractivity contribution in [3.05, 3.63) is 47.9 Å². The first-order chi connectivity index (χ1) is 8.58. The van der Waals surface area contributed by atoms with Crippen molar-refractivity contribution in [2.24, 2.45) is 5.73 Å². The van der Waals surface area contributed by atoms with Gasteiger partial charge in [-0.1, -0.05) is 0 Å². The molecule has 0 fully saturated rings. The third-order valence-corrected chi connectivity index (χ3v) is 2.73. The highest BCUT2D eigenvalue weighted by Gasteiger charge is 2.10. The maximum Gasteiger partial charge on any atom is 0.248 e. The summed E-state index contributed by atoms with van der Waals surface area (Å²) in [6.07, 6.45) is 3.29. The smallest absolute Gasteiger partial charge is 0.248 e. The van der Waals surface area contributed by atoms with Gasteiger partial charge in [-0.15, -0.1) is 0 Å². The topological polar surface area (TPSA) is 85.5 Å². The Morgan fingerprint density at radius 1 is 1.39 bits per heavy atom.